The predicted molar refractivity (Wildman–Crippen MR) is 161 cm³/mol. The van der Waals surface area contributed by atoms with Crippen molar-refractivity contribution in [1.29, 1.82) is 0 Å². The Morgan fingerprint density at radius 2 is 1.43 bits per heavy atom. The van der Waals surface area contributed by atoms with Crippen LogP contribution in [0.3, 0.4) is 0 Å². The molecule has 0 saturated heterocycles. The lowest BCUT2D eigenvalue weighted by molar-refractivity contribution is -0.141. The molecule has 3 aromatic rings. The van der Waals surface area contributed by atoms with E-state index in [1.807, 2.05) is 84.9 Å². The lowest BCUT2D eigenvalue weighted by Crippen LogP contribution is -2.55. The molecule has 1 N–H and O–H groups in total. The highest BCUT2D eigenvalue weighted by molar-refractivity contribution is 7.92. The first kappa shape index (κ1) is 30.9. The van der Waals surface area contributed by atoms with Crippen LogP contribution in [0.5, 0.6) is 0 Å². The molecule has 0 saturated carbocycles. The van der Waals surface area contributed by atoms with Crippen LogP contribution >= 0.6 is 0 Å². The van der Waals surface area contributed by atoms with Crippen LogP contribution in [0.25, 0.3) is 0 Å². The Kier molecular flexibility index (Phi) is 9.79. The van der Waals surface area contributed by atoms with E-state index in [0.29, 0.717) is 17.7 Å². The van der Waals surface area contributed by atoms with Gasteiger partial charge in [-0.15, -0.1) is 0 Å². The molecule has 0 fully saturated rings. The molecule has 8 heteroatoms. The number of aryl methyl sites for hydroxylation is 3. The van der Waals surface area contributed by atoms with E-state index in [1.54, 1.807) is 36.4 Å². The zero-order valence-electron chi connectivity index (χ0n) is 24.6. The van der Waals surface area contributed by atoms with Crippen molar-refractivity contribution in [1.82, 2.24) is 10.2 Å². The summed E-state index contributed by atoms with van der Waals surface area (Å²) in [6, 6.07) is 20.6. The van der Waals surface area contributed by atoms with Gasteiger partial charge in [0.2, 0.25) is 11.8 Å². The lowest BCUT2D eigenvalue weighted by atomic mass is 10.0. The first-order chi connectivity index (χ1) is 18.7. The first-order valence-corrected chi connectivity index (χ1v) is 15.0. The maximum Gasteiger partial charge on any atom is 0.264 e. The number of anilines is 1. The maximum absolute atomic E-state index is 14.2. The molecular formula is C32H41N3O4S. The van der Waals surface area contributed by atoms with Crippen molar-refractivity contribution in [3.63, 3.8) is 0 Å². The van der Waals surface area contributed by atoms with Crippen LogP contribution in [0.4, 0.5) is 5.69 Å². The Morgan fingerprint density at radius 3 is 1.98 bits per heavy atom. The summed E-state index contributed by atoms with van der Waals surface area (Å²) in [6.45, 7) is 12.9. The van der Waals surface area contributed by atoms with Crippen LogP contribution in [0, 0.1) is 20.8 Å². The van der Waals surface area contributed by atoms with Gasteiger partial charge in [-0.2, -0.15) is 0 Å². The minimum absolute atomic E-state index is 0.0946. The van der Waals surface area contributed by atoms with E-state index in [0.717, 1.165) is 21.0 Å². The highest BCUT2D eigenvalue weighted by Crippen LogP contribution is 2.28. The minimum atomic E-state index is -4.10. The number of rotatable bonds is 10. The molecular weight excluding hydrogens is 522 g/mol. The third-order valence-electron chi connectivity index (χ3n) is 6.76. The first-order valence-electron chi connectivity index (χ1n) is 13.6. The van der Waals surface area contributed by atoms with Gasteiger partial charge in [-0.3, -0.25) is 13.9 Å². The van der Waals surface area contributed by atoms with E-state index in [4.69, 9.17) is 0 Å². The van der Waals surface area contributed by atoms with Crippen molar-refractivity contribution >= 4 is 27.5 Å². The van der Waals surface area contributed by atoms with E-state index in [9.17, 15) is 18.0 Å². The Bertz CT molecular complexity index is 1440. The lowest BCUT2D eigenvalue weighted by Gasteiger charge is -2.35. The number of para-hydroxylation sites is 1. The molecule has 0 aliphatic carbocycles. The van der Waals surface area contributed by atoms with E-state index < -0.39 is 34.1 Å². The van der Waals surface area contributed by atoms with Gasteiger partial charge in [0.05, 0.1) is 10.6 Å². The smallest absolute Gasteiger partial charge is 0.264 e. The number of carbonyl (C=O) groups is 2. The van der Waals surface area contributed by atoms with Gasteiger partial charge < -0.3 is 10.2 Å². The fourth-order valence-corrected chi connectivity index (χ4v) is 6.02. The number of sulfonamides is 1. The highest BCUT2D eigenvalue weighted by atomic mass is 32.2. The molecule has 0 bridgehead atoms. The van der Waals surface area contributed by atoms with Gasteiger partial charge in [0, 0.05) is 12.1 Å². The van der Waals surface area contributed by atoms with Crippen molar-refractivity contribution in [3.8, 4) is 0 Å². The zero-order chi connectivity index (χ0) is 29.7. The Labute approximate surface area is 239 Å². The molecule has 214 valence electrons. The van der Waals surface area contributed by atoms with Gasteiger partial charge in [-0.1, -0.05) is 67.1 Å². The average molecular weight is 564 g/mol. The van der Waals surface area contributed by atoms with Crippen molar-refractivity contribution in [2.45, 2.75) is 77.9 Å². The maximum atomic E-state index is 14.2. The molecule has 7 nitrogen and oxygen atoms in total. The van der Waals surface area contributed by atoms with Crippen LogP contribution in [0.2, 0.25) is 0 Å². The second-order valence-corrected chi connectivity index (χ2v) is 13.1. The standard InChI is InChI=1S/C32H41N3O4S/c1-8-28(31(37)33-32(5,6)7)34(21-26-15-11-9-13-24(26)3)30(36)22-35(29-16-12-10-14-25(29)4)40(38,39)27-19-17-23(2)18-20-27/h9-20,28H,8,21-22H2,1-7H3,(H,33,37)/t28-/m1/s1. The monoisotopic (exact) mass is 563 g/mol. The molecule has 1 atom stereocenters. The Balaban J connectivity index is 2.10. The molecule has 0 unspecified atom stereocenters. The second kappa shape index (κ2) is 12.7. The SMILES string of the molecule is CC[C@H](C(=O)NC(C)(C)C)N(Cc1ccccc1C)C(=O)CN(c1ccccc1C)S(=O)(=O)c1ccc(C)cc1. The highest BCUT2D eigenvalue weighted by Gasteiger charge is 2.35. The number of nitrogens with one attached hydrogen (secondary N) is 1. The van der Waals surface area contributed by atoms with Crippen LogP contribution in [0.1, 0.15) is 56.4 Å². The third kappa shape index (κ3) is 7.50. The summed E-state index contributed by atoms with van der Waals surface area (Å²) in [5.74, 6) is -0.737. The molecule has 0 aliphatic heterocycles. The van der Waals surface area contributed by atoms with Crippen molar-refractivity contribution < 1.29 is 18.0 Å². The van der Waals surface area contributed by atoms with E-state index >= 15 is 0 Å². The molecule has 40 heavy (non-hydrogen) atoms. The minimum Gasteiger partial charge on any atom is -0.350 e. The number of hydrogen-bond acceptors (Lipinski definition) is 4. The quantitative estimate of drug-likeness (QED) is 0.352. The summed E-state index contributed by atoms with van der Waals surface area (Å²) in [7, 11) is -4.10. The zero-order valence-corrected chi connectivity index (χ0v) is 25.4. The van der Waals surface area contributed by atoms with Gasteiger partial charge in [0.25, 0.3) is 10.0 Å². The molecule has 3 rings (SSSR count). The second-order valence-electron chi connectivity index (χ2n) is 11.2. The molecule has 0 aromatic heterocycles. The summed E-state index contributed by atoms with van der Waals surface area (Å²) in [5.41, 5.74) is 3.44. The molecule has 2 amide bonds. The topological polar surface area (TPSA) is 86.8 Å². The average Bonchev–Trinajstić information content (AvgIpc) is 2.88. The van der Waals surface area contributed by atoms with Gasteiger partial charge in [-0.25, -0.2) is 8.42 Å². The normalized spacial score (nSPS) is 12.5. The summed E-state index contributed by atoms with van der Waals surface area (Å²) >= 11 is 0. The van der Waals surface area contributed by atoms with Crippen LogP contribution < -0.4 is 9.62 Å². The van der Waals surface area contributed by atoms with Crippen LogP contribution in [0.15, 0.2) is 77.7 Å². The van der Waals surface area contributed by atoms with Crippen LogP contribution in [-0.2, 0) is 26.2 Å². The van der Waals surface area contributed by atoms with E-state index in [-0.39, 0.29) is 17.3 Å². The predicted octanol–water partition coefficient (Wildman–Crippen LogP) is 5.53. The molecule has 0 radical (unpaired) electrons. The Hall–Kier alpha value is -3.65. The number of hydrogen-bond donors (Lipinski definition) is 1. The number of amides is 2. The largest absolute Gasteiger partial charge is 0.350 e. The third-order valence-corrected chi connectivity index (χ3v) is 8.53. The van der Waals surface area contributed by atoms with Gasteiger partial charge >= 0.3 is 0 Å². The van der Waals surface area contributed by atoms with Gasteiger partial charge in [0.15, 0.2) is 0 Å². The summed E-state index contributed by atoms with van der Waals surface area (Å²) in [4.78, 5) is 29.2. The van der Waals surface area contributed by atoms with Crippen LogP contribution in [-0.4, -0.2) is 43.3 Å². The van der Waals surface area contributed by atoms with Crippen molar-refractivity contribution in [3.05, 3.63) is 95.1 Å². The van der Waals surface area contributed by atoms with Gasteiger partial charge in [0.1, 0.15) is 12.6 Å². The number of nitrogens with zero attached hydrogens (tertiary/aromatic N) is 2. The fourth-order valence-electron chi connectivity index (χ4n) is 4.54. The van der Waals surface area contributed by atoms with Crippen molar-refractivity contribution in [2.75, 3.05) is 10.8 Å². The number of benzene rings is 3. The number of carbonyl (C=O) groups excluding carboxylic acids is 2. The summed E-state index contributed by atoms with van der Waals surface area (Å²) < 4.78 is 29.2. The molecule has 3 aromatic carbocycles. The van der Waals surface area contributed by atoms with E-state index in [1.165, 1.54) is 4.90 Å². The fraction of sp³-hybridized carbons (Fsp3) is 0.375. The van der Waals surface area contributed by atoms with Gasteiger partial charge in [-0.05, 0) is 82.9 Å². The molecule has 0 heterocycles. The Morgan fingerprint density at radius 1 is 0.850 bits per heavy atom. The molecule has 0 spiro atoms. The van der Waals surface area contributed by atoms with Crippen molar-refractivity contribution in [2.24, 2.45) is 0 Å². The molecule has 0 aliphatic rings. The summed E-state index contributed by atoms with van der Waals surface area (Å²) in [5, 5.41) is 3.00. The van der Waals surface area contributed by atoms with E-state index in [2.05, 4.69) is 5.32 Å². The summed E-state index contributed by atoms with van der Waals surface area (Å²) in [6.07, 6.45) is 0.370.